The zero-order chi connectivity index (χ0) is 36.3. The van der Waals surface area contributed by atoms with Gasteiger partial charge in [0, 0.05) is 68.1 Å². The van der Waals surface area contributed by atoms with Crippen molar-refractivity contribution in [3.05, 3.63) is 118 Å². The summed E-state index contributed by atoms with van der Waals surface area (Å²) in [6.07, 6.45) is 16.0. The van der Waals surface area contributed by atoms with Gasteiger partial charge in [-0.15, -0.1) is 0 Å². The fourth-order valence-corrected chi connectivity index (χ4v) is 9.62. The molecule has 2 aliphatic heterocycles. The second-order valence-corrected chi connectivity index (χ2v) is 18.1. The molecule has 0 aromatic heterocycles. The van der Waals surface area contributed by atoms with Crippen LogP contribution in [0.25, 0.3) is 10.8 Å². The Morgan fingerprint density at radius 2 is 1.39 bits per heavy atom. The number of unbranched alkanes of at least 4 members (excludes halogenated alkanes) is 2. The van der Waals surface area contributed by atoms with Crippen molar-refractivity contribution >= 4 is 70.7 Å². The van der Waals surface area contributed by atoms with Crippen molar-refractivity contribution in [1.29, 1.82) is 0 Å². The Bertz CT molecular complexity index is 2150. The van der Waals surface area contributed by atoms with Crippen molar-refractivity contribution in [2.45, 2.75) is 64.2 Å². The first-order chi connectivity index (χ1) is 23.5. The van der Waals surface area contributed by atoms with Gasteiger partial charge in [-0.1, -0.05) is 74.6 Å². The topological polar surface area (TPSA) is 121 Å². The van der Waals surface area contributed by atoms with Gasteiger partial charge in [-0.3, -0.25) is 0 Å². The van der Waals surface area contributed by atoms with Crippen molar-refractivity contribution < 1.29 is 60.1 Å². The molecule has 0 amide bonds. The molecule has 12 heteroatoms. The summed E-state index contributed by atoms with van der Waals surface area (Å²) >= 11 is 2.37. The fourth-order valence-electron chi connectivity index (χ4n) is 7.35. The van der Waals surface area contributed by atoms with Crippen LogP contribution in [0.5, 0.6) is 0 Å². The largest absolute Gasteiger partial charge is 1.00 e. The van der Waals surface area contributed by atoms with Gasteiger partial charge in [0.05, 0.1) is 25.7 Å². The first kappa shape index (κ1) is 41.7. The van der Waals surface area contributed by atoms with Gasteiger partial charge in [0.1, 0.15) is 6.54 Å². The normalized spacial score (nSPS) is 17.7. The number of benzene rings is 3. The van der Waals surface area contributed by atoms with Gasteiger partial charge in [0.25, 0.3) is 0 Å². The van der Waals surface area contributed by atoms with E-state index in [1.54, 1.807) is 0 Å². The average molecular weight is 851 g/mol. The molecule has 0 fully saturated rings. The third-order valence-corrected chi connectivity index (χ3v) is 12.1. The number of hydrogen-bond acceptors (Lipinski definition) is 7. The molecule has 5 rings (SSSR count). The van der Waals surface area contributed by atoms with Crippen LogP contribution in [0, 0.1) is 3.57 Å². The minimum Gasteiger partial charge on any atom is -0.748 e. The fraction of sp³-hybridized carbons (Fsp3) is 0.359. The van der Waals surface area contributed by atoms with Crippen LogP contribution in [-0.4, -0.2) is 60.8 Å². The minimum absolute atomic E-state index is 0. The van der Waals surface area contributed by atoms with Gasteiger partial charge in [-0.2, -0.15) is 4.58 Å². The Balaban J connectivity index is 0.00000583. The molecule has 0 radical (unpaired) electrons. The maximum Gasteiger partial charge on any atom is 1.00 e. The van der Waals surface area contributed by atoms with Crippen molar-refractivity contribution in [1.82, 2.24) is 0 Å². The molecule has 0 atom stereocenters. The SMILES string of the molecule is CC1(C)C(/C=C/C=C/C=C/C=C2/N(CCCCS(=O)(=O)[O-])c3cccc(I)c3C2(C)C)=[N+](CCCCS(=O)(=O)[O-])c2ccc3ccccc3c21.[Na+]. The van der Waals surface area contributed by atoms with Crippen LogP contribution in [0.4, 0.5) is 11.4 Å². The molecule has 51 heavy (non-hydrogen) atoms. The zero-order valence-electron chi connectivity index (χ0n) is 29.9. The molecule has 3 aromatic carbocycles. The molecule has 0 bridgehead atoms. The van der Waals surface area contributed by atoms with E-state index >= 15 is 0 Å². The maximum absolute atomic E-state index is 11.2. The maximum atomic E-state index is 11.2. The van der Waals surface area contributed by atoms with E-state index in [0.717, 1.165) is 22.8 Å². The van der Waals surface area contributed by atoms with Crippen LogP contribution >= 0.6 is 22.6 Å². The predicted octanol–water partition coefficient (Wildman–Crippen LogP) is 4.83. The van der Waals surface area contributed by atoms with E-state index < -0.39 is 20.2 Å². The molecule has 3 aromatic rings. The first-order valence-corrected chi connectivity index (χ1v) is 21.1. The van der Waals surface area contributed by atoms with Crippen LogP contribution in [0.3, 0.4) is 0 Å². The Morgan fingerprint density at radius 3 is 2.10 bits per heavy atom. The standard InChI is InChI=1S/C39H45IN2O6S2.Na/c1-38(2)34(42(26-13-15-28-50(46,47)48)33-24-23-29-17-10-11-18-30(29)36(33)38)21-8-6-5-7-9-22-35-39(3,4)37-31(40)19-16-20-32(37)41(35)25-12-14-27-49(43,44)45;/h5-11,16-24H,12-15,25-28H2,1-4H3,(H-,43,44,45,46,47,48);/q;+1/p-1. The van der Waals surface area contributed by atoms with E-state index in [0.29, 0.717) is 38.8 Å². The quantitative estimate of drug-likeness (QED) is 0.0570. The smallest absolute Gasteiger partial charge is 0.748 e. The van der Waals surface area contributed by atoms with E-state index in [1.165, 1.54) is 25.5 Å². The molecular weight excluding hydrogens is 806 g/mol. The Hall–Kier alpha value is -2.10. The number of allylic oxidation sites excluding steroid dienone is 8. The molecule has 0 unspecified atom stereocenters. The molecule has 0 spiro atoms. The monoisotopic (exact) mass is 850 g/mol. The minimum atomic E-state index is -4.25. The van der Waals surface area contributed by atoms with Gasteiger partial charge in [-0.25, -0.2) is 16.8 Å². The molecule has 2 heterocycles. The molecule has 0 aliphatic carbocycles. The Morgan fingerprint density at radius 1 is 0.745 bits per heavy atom. The van der Waals surface area contributed by atoms with Gasteiger partial charge in [0.2, 0.25) is 5.69 Å². The van der Waals surface area contributed by atoms with E-state index in [9.17, 15) is 25.9 Å². The van der Waals surface area contributed by atoms with E-state index in [2.05, 4.69) is 108 Å². The summed E-state index contributed by atoms with van der Waals surface area (Å²) in [7, 11) is -8.50. The molecule has 0 saturated heterocycles. The number of halogens is 1. The van der Waals surface area contributed by atoms with E-state index in [4.69, 9.17) is 0 Å². The molecule has 0 saturated carbocycles. The van der Waals surface area contributed by atoms with Gasteiger partial charge >= 0.3 is 29.6 Å². The van der Waals surface area contributed by atoms with Crippen LogP contribution in [0.1, 0.15) is 64.5 Å². The summed E-state index contributed by atoms with van der Waals surface area (Å²) in [5.74, 6) is -0.722. The summed E-state index contributed by atoms with van der Waals surface area (Å²) in [5.41, 5.74) is 6.30. The average Bonchev–Trinajstić information content (AvgIpc) is 3.38. The summed E-state index contributed by atoms with van der Waals surface area (Å²) in [6.45, 7) is 10.0. The Labute approximate surface area is 339 Å². The third-order valence-electron chi connectivity index (χ3n) is 9.60. The third kappa shape index (κ3) is 9.72. The number of rotatable bonds is 14. The van der Waals surface area contributed by atoms with Crippen molar-refractivity contribution in [3.63, 3.8) is 0 Å². The molecule has 8 nitrogen and oxygen atoms in total. The molecule has 0 N–H and O–H groups in total. The van der Waals surface area contributed by atoms with Crippen LogP contribution in [0.2, 0.25) is 0 Å². The van der Waals surface area contributed by atoms with Gasteiger partial charge < -0.3 is 14.0 Å². The van der Waals surface area contributed by atoms with Crippen molar-refractivity contribution in [2.24, 2.45) is 0 Å². The predicted molar refractivity (Wildman–Crippen MR) is 209 cm³/mol. The number of anilines is 1. The first-order valence-electron chi connectivity index (χ1n) is 16.9. The second-order valence-electron chi connectivity index (χ2n) is 13.9. The number of fused-ring (bicyclic) bond motifs is 4. The number of nitrogens with zero attached hydrogens (tertiary/aromatic N) is 2. The van der Waals surface area contributed by atoms with E-state index in [1.807, 2.05) is 48.6 Å². The molecular formula is C39H44IN2NaO6S2. The summed E-state index contributed by atoms with van der Waals surface area (Å²) in [6, 6.07) is 18.8. The van der Waals surface area contributed by atoms with Crippen molar-refractivity contribution in [2.75, 3.05) is 29.5 Å². The summed E-state index contributed by atoms with van der Waals surface area (Å²) in [4.78, 5) is 2.24. The number of hydrogen-bond donors (Lipinski definition) is 0. The molecule has 266 valence electrons. The van der Waals surface area contributed by atoms with Crippen LogP contribution < -0.4 is 34.5 Å². The van der Waals surface area contributed by atoms with E-state index in [-0.39, 0.29) is 51.9 Å². The van der Waals surface area contributed by atoms with Crippen LogP contribution in [-0.2, 0) is 31.1 Å². The second kappa shape index (κ2) is 16.9. The van der Waals surface area contributed by atoms with Gasteiger partial charge in [-0.05, 0) is 90.7 Å². The van der Waals surface area contributed by atoms with Gasteiger partial charge in [0.15, 0.2) is 5.71 Å². The summed E-state index contributed by atoms with van der Waals surface area (Å²) < 4.78 is 70.6. The van der Waals surface area contributed by atoms with Crippen molar-refractivity contribution in [3.8, 4) is 0 Å². The molecule has 2 aliphatic rings. The summed E-state index contributed by atoms with van der Waals surface area (Å²) in [5, 5.41) is 2.35. The van der Waals surface area contributed by atoms with Crippen LogP contribution in [0.15, 0.2) is 103 Å². The zero-order valence-corrected chi connectivity index (χ0v) is 35.7. The Kier molecular flexibility index (Phi) is 13.8.